The molecule has 1 atom stereocenters. The van der Waals surface area contributed by atoms with Crippen molar-refractivity contribution in [2.75, 3.05) is 5.32 Å². The highest BCUT2D eigenvalue weighted by atomic mass is 16.1. The van der Waals surface area contributed by atoms with Gasteiger partial charge < -0.3 is 11.1 Å². The number of amides is 1. The maximum Gasteiger partial charge on any atom is 0.231 e. The number of rotatable bonds is 3. The lowest BCUT2D eigenvalue weighted by Gasteiger charge is -2.24. The van der Waals surface area contributed by atoms with Gasteiger partial charge in [0.25, 0.3) is 0 Å². The standard InChI is InChI=1S/C18H20N2O/c19-12-13-8-10-15(11-9-13)20-18(21)17-7-3-5-14-4-1-2-6-16(14)17/h1-2,4,6,8-11,17H,3,5,7,12,19H2,(H,20,21). The summed E-state index contributed by atoms with van der Waals surface area (Å²) in [6.45, 7) is 0.518. The molecule has 21 heavy (non-hydrogen) atoms. The van der Waals surface area contributed by atoms with Crippen molar-refractivity contribution in [3.63, 3.8) is 0 Å². The summed E-state index contributed by atoms with van der Waals surface area (Å²) in [5, 5.41) is 3.02. The van der Waals surface area contributed by atoms with Gasteiger partial charge in [0, 0.05) is 12.2 Å². The second-order valence-electron chi connectivity index (χ2n) is 5.53. The number of nitrogens with two attached hydrogens (primary N) is 1. The van der Waals surface area contributed by atoms with Crippen molar-refractivity contribution >= 4 is 11.6 Å². The summed E-state index contributed by atoms with van der Waals surface area (Å²) >= 11 is 0. The molecule has 1 unspecified atom stereocenters. The third-order valence-corrected chi connectivity index (χ3v) is 4.14. The summed E-state index contributed by atoms with van der Waals surface area (Å²) in [6.07, 6.45) is 3.07. The summed E-state index contributed by atoms with van der Waals surface area (Å²) in [4.78, 5) is 12.5. The van der Waals surface area contributed by atoms with Crippen molar-refractivity contribution in [3.8, 4) is 0 Å². The number of nitrogens with one attached hydrogen (secondary N) is 1. The van der Waals surface area contributed by atoms with E-state index in [9.17, 15) is 4.79 Å². The predicted octanol–water partition coefficient (Wildman–Crippen LogP) is 3.20. The number of carbonyl (C=O) groups excluding carboxylic acids is 1. The Kier molecular flexibility index (Phi) is 4.02. The molecule has 0 spiro atoms. The van der Waals surface area contributed by atoms with Crippen molar-refractivity contribution < 1.29 is 4.79 Å². The number of hydrogen-bond acceptors (Lipinski definition) is 2. The zero-order valence-electron chi connectivity index (χ0n) is 12.0. The fourth-order valence-electron chi connectivity index (χ4n) is 2.98. The Morgan fingerprint density at radius 1 is 1.14 bits per heavy atom. The second-order valence-corrected chi connectivity index (χ2v) is 5.53. The molecule has 0 aliphatic heterocycles. The molecule has 1 amide bonds. The molecule has 0 fully saturated rings. The Morgan fingerprint density at radius 3 is 2.67 bits per heavy atom. The van der Waals surface area contributed by atoms with Crippen molar-refractivity contribution in [2.45, 2.75) is 31.7 Å². The Bertz CT molecular complexity index is 634. The van der Waals surface area contributed by atoms with E-state index in [1.807, 2.05) is 36.4 Å². The SMILES string of the molecule is NCc1ccc(NC(=O)C2CCCc3ccccc32)cc1. The molecule has 0 aromatic heterocycles. The van der Waals surface area contributed by atoms with Gasteiger partial charge in [-0.05, 0) is 48.1 Å². The summed E-state index contributed by atoms with van der Waals surface area (Å²) in [6, 6.07) is 16.0. The minimum Gasteiger partial charge on any atom is -0.326 e. The first-order chi connectivity index (χ1) is 10.3. The molecule has 0 saturated heterocycles. The highest BCUT2D eigenvalue weighted by molar-refractivity contribution is 5.96. The molecule has 0 bridgehead atoms. The van der Waals surface area contributed by atoms with Crippen LogP contribution in [0.15, 0.2) is 48.5 Å². The van der Waals surface area contributed by atoms with Gasteiger partial charge in [-0.15, -0.1) is 0 Å². The van der Waals surface area contributed by atoms with E-state index in [2.05, 4.69) is 17.4 Å². The van der Waals surface area contributed by atoms with Gasteiger partial charge in [-0.3, -0.25) is 4.79 Å². The maximum absolute atomic E-state index is 12.5. The fourth-order valence-corrected chi connectivity index (χ4v) is 2.98. The van der Waals surface area contributed by atoms with Crippen LogP contribution < -0.4 is 11.1 Å². The molecule has 0 saturated carbocycles. The smallest absolute Gasteiger partial charge is 0.231 e. The van der Waals surface area contributed by atoms with Crippen LogP contribution in [0, 0.1) is 0 Å². The minimum atomic E-state index is -0.0378. The van der Waals surface area contributed by atoms with E-state index in [1.54, 1.807) is 0 Å². The molecule has 0 radical (unpaired) electrons. The van der Waals surface area contributed by atoms with Crippen molar-refractivity contribution in [1.82, 2.24) is 0 Å². The van der Waals surface area contributed by atoms with Crippen LogP contribution in [0.5, 0.6) is 0 Å². The summed E-state index contributed by atoms with van der Waals surface area (Å²) in [5.74, 6) is 0.0479. The van der Waals surface area contributed by atoms with Crippen LogP contribution in [0.4, 0.5) is 5.69 Å². The van der Waals surface area contributed by atoms with Crippen molar-refractivity contribution in [3.05, 3.63) is 65.2 Å². The average Bonchev–Trinajstić information content (AvgIpc) is 2.55. The summed E-state index contributed by atoms with van der Waals surface area (Å²) in [5.41, 5.74) is 9.97. The Hall–Kier alpha value is -2.13. The number of hydrogen-bond donors (Lipinski definition) is 2. The predicted molar refractivity (Wildman–Crippen MR) is 85.1 cm³/mol. The third kappa shape index (κ3) is 2.98. The summed E-state index contributed by atoms with van der Waals surface area (Å²) < 4.78 is 0. The van der Waals surface area contributed by atoms with Crippen molar-refractivity contribution in [2.24, 2.45) is 5.73 Å². The molecule has 3 nitrogen and oxygen atoms in total. The lowest BCUT2D eigenvalue weighted by atomic mass is 9.82. The maximum atomic E-state index is 12.5. The van der Waals surface area contributed by atoms with Crippen LogP contribution >= 0.6 is 0 Å². The Labute approximate surface area is 125 Å². The third-order valence-electron chi connectivity index (χ3n) is 4.14. The van der Waals surface area contributed by atoms with Crippen LogP contribution in [0.3, 0.4) is 0 Å². The molecule has 2 aromatic carbocycles. The van der Waals surface area contributed by atoms with Gasteiger partial charge in [0.1, 0.15) is 0 Å². The zero-order chi connectivity index (χ0) is 14.7. The first-order valence-electron chi connectivity index (χ1n) is 7.45. The molecule has 3 heteroatoms. The van der Waals surface area contributed by atoms with E-state index >= 15 is 0 Å². The first-order valence-corrected chi connectivity index (χ1v) is 7.45. The highest BCUT2D eigenvalue weighted by Crippen LogP contribution is 2.32. The zero-order valence-corrected chi connectivity index (χ0v) is 12.0. The van der Waals surface area contributed by atoms with E-state index in [4.69, 9.17) is 5.73 Å². The van der Waals surface area contributed by atoms with E-state index < -0.39 is 0 Å². The molecule has 3 N–H and O–H groups in total. The number of aryl methyl sites for hydroxylation is 1. The van der Waals surface area contributed by atoms with Gasteiger partial charge in [0.2, 0.25) is 5.91 Å². The van der Waals surface area contributed by atoms with E-state index in [0.717, 1.165) is 30.5 Å². The van der Waals surface area contributed by atoms with Crippen LogP contribution in [0.2, 0.25) is 0 Å². The van der Waals surface area contributed by atoms with Crippen LogP contribution in [-0.4, -0.2) is 5.91 Å². The number of benzene rings is 2. The Morgan fingerprint density at radius 2 is 1.90 bits per heavy atom. The largest absolute Gasteiger partial charge is 0.326 e. The second kappa shape index (κ2) is 6.10. The highest BCUT2D eigenvalue weighted by Gasteiger charge is 2.26. The van der Waals surface area contributed by atoms with Gasteiger partial charge in [-0.2, -0.15) is 0 Å². The van der Waals surface area contributed by atoms with Crippen molar-refractivity contribution in [1.29, 1.82) is 0 Å². The van der Waals surface area contributed by atoms with E-state index in [0.29, 0.717) is 6.54 Å². The molecule has 108 valence electrons. The molecule has 0 heterocycles. The lowest BCUT2D eigenvalue weighted by Crippen LogP contribution is -2.24. The molecule has 3 rings (SSSR count). The average molecular weight is 280 g/mol. The van der Waals surface area contributed by atoms with E-state index in [-0.39, 0.29) is 11.8 Å². The number of anilines is 1. The monoisotopic (exact) mass is 280 g/mol. The number of fused-ring (bicyclic) bond motifs is 1. The van der Waals surface area contributed by atoms with Gasteiger partial charge in [0.15, 0.2) is 0 Å². The van der Waals surface area contributed by atoms with Crippen LogP contribution in [0.25, 0.3) is 0 Å². The molecule has 1 aliphatic carbocycles. The molecule has 2 aromatic rings. The van der Waals surface area contributed by atoms with Gasteiger partial charge >= 0.3 is 0 Å². The molecule has 1 aliphatic rings. The fraction of sp³-hybridized carbons (Fsp3) is 0.278. The van der Waals surface area contributed by atoms with Crippen LogP contribution in [0.1, 0.15) is 35.4 Å². The number of carbonyl (C=O) groups is 1. The van der Waals surface area contributed by atoms with Crippen LogP contribution in [-0.2, 0) is 17.8 Å². The minimum absolute atomic E-state index is 0.0378. The Balaban J connectivity index is 1.76. The quantitative estimate of drug-likeness (QED) is 0.907. The van der Waals surface area contributed by atoms with Gasteiger partial charge in [-0.1, -0.05) is 36.4 Å². The lowest BCUT2D eigenvalue weighted by molar-refractivity contribution is -0.117. The normalized spacial score (nSPS) is 17.1. The van der Waals surface area contributed by atoms with E-state index in [1.165, 1.54) is 11.1 Å². The van der Waals surface area contributed by atoms with Gasteiger partial charge in [0.05, 0.1) is 5.92 Å². The topological polar surface area (TPSA) is 55.1 Å². The summed E-state index contributed by atoms with van der Waals surface area (Å²) in [7, 11) is 0. The van der Waals surface area contributed by atoms with Gasteiger partial charge in [-0.25, -0.2) is 0 Å². The molecular weight excluding hydrogens is 260 g/mol. The molecular formula is C18H20N2O. The first kappa shape index (κ1) is 13.8.